The standard InChI is InChI=1S/C18H29IN4O2S/c1-17(2,3)26(25)21-14-6-5-7-18(14)8-10-23(11-9-18)16-20-12-13(19)15(24)22(16)4/h12,14,21H,5-11H2,1-4H3/t14-,26-/m1/s1. The van der Waals surface area contributed by atoms with E-state index in [2.05, 4.69) is 14.6 Å². The molecule has 0 amide bonds. The number of anilines is 1. The number of hydrogen-bond acceptors (Lipinski definition) is 5. The number of nitrogens with zero attached hydrogens (tertiary/aromatic N) is 3. The van der Waals surface area contributed by atoms with E-state index in [-0.39, 0.29) is 15.7 Å². The van der Waals surface area contributed by atoms with Crippen LogP contribution >= 0.6 is 22.6 Å². The SMILES string of the molecule is Cn1c(N2CCC3(CCC[C@H]3N[S@+]([O-])C(C)(C)C)CC2)ncc(I)c1=O. The molecule has 1 saturated carbocycles. The third kappa shape index (κ3) is 3.93. The van der Waals surface area contributed by atoms with Gasteiger partial charge in [0.2, 0.25) is 5.95 Å². The monoisotopic (exact) mass is 492 g/mol. The fourth-order valence-corrected chi connectivity index (χ4v) is 5.66. The molecule has 8 heteroatoms. The average molecular weight is 492 g/mol. The average Bonchev–Trinajstić information content (AvgIpc) is 2.95. The van der Waals surface area contributed by atoms with E-state index in [1.807, 2.05) is 43.4 Å². The van der Waals surface area contributed by atoms with Gasteiger partial charge in [-0.3, -0.25) is 9.36 Å². The Balaban J connectivity index is 1.71. The van der Waals surface area contributed by atoms with Gasteiger partial charge in [0.25, 0.3) is 5.56 Å². The largest absolute Gasteiger partial charge is 0.598 e. The summed E-state index contributed by atoms with van der Waals surface area (Å²) < 4.78 is 18.1. The van der Waals surface area contributed by atoms with Crippen molar-refractivity contribution >= 4 is 39.9 Å². The molecule has 2 heterocycles. The number of rotatable bonds is 3. The molecule has 1 N–H and O–H groups in total. The zero-order valence-electron chi connectivity index (χ0n) is 16.0. The molecule has 1 aromatic rings. The zero-order chi connectivity index (χ0) is 19.1. The van der Waals surface area contributed by atoms with Crippen molar-refractivity contribution in [2.24, 2.45) is 12.5 Å². The van der Waals surface area contributed by atoms with Crippen molar-refractivity contribution in [3.8, 4) is 0 Å². The van der Waals surface area contributed by atoms with Crippen molar-refractivity contribution in [2.45, 2.75) is 63.7 Å². The molecule has 2 aliphatic rings. The highest BCUT2D eigenvalue weighted by Gasteiger charge is 2.48. The number of halogens is 1. The molecule has 2 fully saturated rings. The number of hydrogen-bond donors (Lipinski definition) is 1. The molecular formula is C18H29IN4O2S. The molecule has 1 saturated heterocycles. The third-order valence-corrected chi connectivity index (χ3v) is 8.21. The van der Waals surface area contributed by atoms with Gasteiger partial charge in [0, 0.05) is 37.7 Å². The minimum Gasteiger partial charge on any atom is -0.598 e. The molecule has 0 bridgehead atoms. The van der Waals surface area contributed by atoms with Crippen LogP contribution in [0.4, 0.5) is 5.95 Å². The second kappa shape index (κ2) is 7.60. The molecule has 0 radical (unpaired) electrons. The van der Waals surface area contributed by atoms with Crippen LogP contribution in [0.3, 0.4) is 0 Å². The molecule has 1 aliphatic carbocycles. The summed E-state index contributed by atoms with van der Waals surface area (Å²) in [7, 11) is 1.80. The normalized spacial score (nSPS) is 24.2. The van der Waals surface area contributed by atoms with Gasteiger partial charge in [-0.2, -0.15) is 0 Å². The van der Waals surface area contributed by atoms with Gasteiger partial charge in [-0.25, -0.2) is 4.98 Å². The topological polar surface area (TPSA) is 73.2 Å². The van der Waals surface area contributed by atoms with Gasteiger partial charge in [-0.1, -0.05) is 6.42 Å². The second-order valence-corrected chi connectivity index (χ2v) is 11.7. The fraction of sp³-hybridized carbons (Fsp3) is 0.778. The van der Waals surface area contributed by atoms with E-state index >= 15 is 0 Å². The van der Waals surface area contributed by atoms with Crippen molar-refractivity contribution in [1.29, 1.82) is 0 Å². The van der Waals surface area contributed by atoms with Crippen LogP contribution in [0.15, 0.2) is 11.0 Å². The van der Waals surface area contributed by atoms with Crippen molar-refractivity contribution in [3.05, 3.63) is 20.1 Å². The van der Waals surface area contributed by atoms with Crippen LogP contribution in [-0.2, 0) is 18.4 Å². The molecule has 3 rings (SSSR count). The molecule has 1 spiro atoms. The summed E-state index contributed by atoms with van der Waals surface area (Å²) in [6, 6.07) is 0.318. The van der Waals surface area contributed by atoms with E-state index in [1.54, 1.807) is 17.8 Å². The Morgan fingerprint density at radius 3 is 2.62 bits per heavy atom. The van der Waals surface area contributed by atoms with Crippen LogP contribution in [0, 0.1) is 8.99 Å². The van der Waals surface area contributed by atoms with Gasteiger partial charge >= 0.3 is 0 Å². The quantitative estimate of drug-likeness (QED) is 0.519. The Labute approximate surface area is 172 Å². The van der Waals surface area contributed by atoms with E-state index in [1.165, 1.54) is 12.8 Å². The first kappa shape index (κ1) is 20.4. The zero-order valence-corrected chi connectivity index (χ0v) is 19.0. The Morgan fingerprint density at radius 1 is 1.35 bits per heavy atom. The van der Waals surface area contributed by atoms with Gasteiger partial charge in [0.1, 0.15) is 4.75 Å². The number of piperidine rings is 1. The van der Waals surface area contributed by atoms with E-state index in [0.29, 0.717) is 9.61 Å². The molecule has 6 nitrogen and oxygen atoms in total. The Hall–Kier alpha value is -0.320. The second-order valence-electron chi connectivity index (χ2n) is 8.56. The smallest absolute Gasteiger partial charge is 0.268 e. The van der Waals surface area contributed by atoms with Crippen molar-refractivity contribution in [1.82, 2.24) is 14.3 Å². The molecule has 1 aromatic heterocycles. The Bertz CT molecular complexity index is 710. The van der Waals surface area contributed by atoms with E-state index in [0.717, 1.165) is 38.3 Å². The third-order valence-electron chi connectivity index (χ3n) is 5.86. The lowest BCUT2D eigenvalue weighted by atomic mass is 9.74. The van der Waals surface area contributed by atoms with Gasteiger partial charge in [-0.15, -0.1) is 4.72 Å². The van der Waals surface area contributed by atoms with Crippen LogP contribution in [0.25, 0.3) is 0 Å². The maximum Gasteiger partial charge on any atom is 0.268 e. The number of aromatic nitrogens is 2. The Kier molecular flexibility index (Phi) is 5.97. The summed E-state index contributed by atoms with van der Waals surface area (Å²) in [6.45, 7) is 7.83. The van der Waals surface area contributed by atoms with Crippen molar-refractivity contribution < 1.29 is 4.55 Å². The first-order valence-electron chi connectivity index (χ1n) is 9.29. The minimum absolute atomic E-state index is 0.0110. The summed E-state index contributed by atoms with van der Waals surface area (Å²) in [4.78, 5) is 18.9. The van der Waals surface area contributed by atoms with Crippen molar-refractivity contribution in [2.75, 3.05) is 18.0 Å². The van der Waals surface area contributed by atoms with E-state index in [9.17, 15) is 9.35 Å². The summed E-state index contributed by atoms with van der Waals surface area (Å²) in [5.41, 5.74) is 0.233. The van der Waals surface area contributed by atoms with Crippen LogP contribution < -0.4 is 15.2 Å². The molecule has 2 atom stereocenters. The first-order valence-corrected chi connectivity index (χ1v) is 11.5. The maximum atomic E-state index is 12.6. The van der Waals surface area contributed by atoms with Gasteiger partial charge < -0.3 is 9.45 Å². The summed E-state index contributed by atoms with van der Waals surface area (Å²) >= 11 is 1.00. The molecular weight excluding hydrogens is 463 g/mol. The predicted molar refractivity (Wildman–Crippen MR) is 115 cm³/mol. The van der Waals surface area contributed by atoms with E-state index in [4.69, 9.17) is 0 Å². The molecule has 0 unspecified atom stereocenters. The minimum atomic E-state index is -1.03. The van der Waals surface area contributed by atoms with Crippen molar-refractivity contribution in [3.63, 3.8) is 0 Å². The highest BCUT2D eigenvalue weighted by atomic mass is 127. The molecule has 1 aliphatic heterocycles. The molecule has 146 valence electrons. The van der Waals surface area contributed by atoms with Crippen LogP contribution in [0.5, 0.6) is 0 Å². The lowest BCUT2D eigenvalue weighted by molar-refractivity contribution is 0.186. The lowest BCUT2D eigenvalue weighted by Crippen LogP contribution is -2.53. The van der Waals surface area contributed by atoms with Crippen LogP contribution in [0.2, 0.25) is 0 Å². The highest BCUT2D eigenvalue weighted by Crippen LogP contribution is 2.47. The summed E-state index contributed by atoms with van der Waals surface area (Å²) in [5, 5.41) is 0. The number of nitrogens with one attached hydrogen (secondary N) is 1. The van der Waals surface area contributed by atoms with Crippen LogP contribution in [0.1, 0.15) is 52.9 Å². The van der Waals surface area contributed by atoms with Gasteiger partial charge in [0.05, 0.1) is 9.61 Å². The molecule has 0 aromatic carbocycles. The Morgan fingerprint density at radius 2 is 2.00 bits per heavy atom. The summed E-state index contributed by atoms with van der Waals surface area (Å²) in [6.07, 6.45) is 7.25. The fourth-order valence-electron chi connectivity index (χ4n) is 4.18. The van der Waals surface area contributed by atoms with E-state index < -0.39 is 11.4 Å². The lowest BCUT2D eigenvalue weighted by Gasteiger charge is -2.44. The molecule has 26 heavy (non-hydrogen) atoms. The highest BCUT2D eigenvalue weighted by molar-refractivity contribution is 14.1. The maximum absolute atomic E-state index is 12.6. The van der Waals surface area contributed by atoms with Crippen LogP contribution in [-0.4, -0.2) is 38.0 Å². The first-order chi connectivity index (χ1) is 12.1. The predicted octanol–water partition coefficient (Wildman–Crippen LogP) is 2.58. The van der Waals surface area contributed by atoms with Gasteiger partial charge in [-0.05, 0) is 74.5 Å². The summed E-state index contributed by atoms with van der Waals surface area (Å²) in [5.74, 6) is 0.756. The van der Waals surface area contributed by atoms with Gasteiger partial charge in [0.15, 0.2) is 0 Å².